The number of hydrogen-bond acceptors (Lipinski definition) is 4. The Morgan fingerprint density at radius 2 is 1.87 bits per heavy atom. The van der Waals surface area contributed by atoms with Crippen molar-refractivity contribution in [3.63, 3.8) is 0 Å². The third-order valence-corrected chi connectivity index (χ3v) is 3.99. The number of carbonyl (C=O) groups excluding carboxylic acids is 1. The molecule has 23 heavy (non-hydrogen) atoms. The number of rotatable bonds is 7. The summed E-state index contributed by atoms with van der Waals surface area (Å²) in [6.07, 6.45) is 0. The predicted octanol–water partition coefficient (Wildman–Crippen LogP) is 1.16. The Balaban J connectivity index is 2.06. The molecule has 0 spiro atoms. The Kier molecular flexibility index (Phi) is 5.87. The van der Waals surface area contributed by atoms with Gasteiger partial charge in [0.25, 0.3) is 5.56 Å². The molecule has 0 aliphatic rings. The molecule has 0 atom stereocenters. The lowest BCUT2D eigenvalue weighted by Crippen LogP contribution is -2.38. The third kappa shape index (κ3) is 4.16. The maximum absolute atomic E-state index is 12.4. The predicted molar refractivity (Wildman–Crippen MR) is 91.5 cm³/mol. The first kappa shape index (κ1) is 17.1. The van der Waals surface area contributed by atoms with Gasteiger partial charge in [0.2, 0.25) is 5.91 Å². The second kappa shape index (κ2) is 7.87. The average Bonchev–Trinajstić information content (AvgIpc) is 2.56. The first-order chi connectivity index (χ1) is 11.1. The molecule has 0 saturated carbocycles. The van der Waals surface area contributed by atoms with E-state index >= 15 is 0 Å². The van der Waals surface area contributed by atoms with Crippen molar-refractivity contribution < 1.29 is 4.79 Å². The summed E-state index contributed by atoms with van der Waals surface area (Å²) in [7, 11) is 0. The molecule has 0 aliphatic carbocycles. The number of aryl methyl sites for hydroxylation is 1. The van der Waals surface area contributed by atoms with Gasteiger partial charge in [-0.3, -0.25) is 9.59 Å². The van der Waals surface area contributed by atoms with Crippen LogP contribution in [0.25, 0.3) is 10.8 Å². The second-order valence-electron chi connectivity index (χ2n) is 5.47. The van der Waals surface area contributed by atoms with Crippen molar-refractivity contribution >= 4 is 16.7 Å². The molecule has 1 aromatic heterocycles. The number of likely N-dealkylation sites (N-methyl/N-ethyl adjacent to an activating group) is 1. The van der Waals surface area contributed by atoms with Crippen LogP contribution in [0.15, 0.2) is 29.1 Å². The number of hydrogen-bond donors (Lipinski definition) is 1. The zero-order valence-corrected chi connectivity index (χ0v) is 14.0. The van der Waals surface area contributed by atoms with Crippen LogP contribution in [0.1, 0.15) is 19.5 Å². The molecule has 6 nitrogen and oxygen atoms in total. The highest BCUT2D eigenvalue weighted by molar-refractivity contribution is 5.83. The summed E-state index contributed by atoms with van der Waals surface area (Å²) < 4.78 is 1.24. The Labute approximate surface area is 136 Å². The lowest BCUT2D eigenvalue weighted by Gasteiger charge is -2.18. The minimum atomic E-state index is -0.231. The van der Waals surface area contributed by atoms with Gasteiger partial charge in [0.05, 0.1) is 11.1 Å². The molecule has 0 saturated heterocycles. The third-order valence-electron chi connectivity index (χ3n) is 3.99. The minimum Gasteiger partial charge on any atom is -0.353 e. The Hall–Kier alpha value is -2.21. The van der Waals surface area contributed by atoms with E-state index in [1.807, 2.05) is 25.1 Å². The van der Waals surface area contributed by atoms with Crippen molar-refractivity contribution in [2.75, 3.05) is 26.2 Å². The van der Waals surface area contributed by atoms with Crippen LogP contribution in [0.4, 0.5) is 0 Å². The van der Waals surface area contributed by atoms with Crippen LogP contribution in [-0.4, -0.2) is 46.8 Å². The van der Waals surface area contributed by atoms with E-state index in [9.17, 15) is 9.59 Å². The second-order valence-corrected chi connectivity index (χ2v) is 5.47. The molecule has 1 N–H and O–H groups in total. The van der Waals surface area contributed by atoms with Crippen molar-refractivity contribution in [2.24, 2.45) is 0 Å². The van der Waals surface area contributed by atoms with E-state index in [0.717, 1.165) is 30.7 Å². The zero-order valence-electron chi connectivity index (χ0n) is 14.0. The fourth-order valence-electron chi connectivity index (χ4n) is 2.60. The van der Waals surface area contributed by atoms with Crippen molar-refractivity contribution in [3.05, 3.63) is 40.3 Å². The van der Waals surface area contributed by atoms with Gasteiger partial charge >= 0.3 is 0 Å². The first-order valence-corrected chi connectivity index (χ1v) is 8.02. The smallest absolute Gasteiger partial charge is 0.275 e. The van der Waals surface area contributed by atoms with E-state index in [1.165, 1.54) is 4.68 Å². The zero-order chi connectivity index (χ0) is 16.8. The molecular weight excluding hydrogens is 292 g/mol. The van der Waals surface area contributed by atoms with Crippen molar-refractivity contribution in [3.8, 4) is 0 Å². The fourth-order valence-corrected chi connectivity index (χ4v) is 2.60. The van der Waals surface area contributed by atoms with E-state index in [4.69, 9.17) is 0 Å². The Morgan fingerprint density at radius 3 is 2.52 bits per heavy atom. The number of nitrogens with zero attached hydrogens (tertiary/aromatic N) is 3. The standard InChI is InChI=1S/C17H24N4O2/c1-4-20(5-2)11-10-18-16(22)12-21-17(23)15-9-7-6-8-14(15)13(3)19-21/h6-9H,4-5,10-12H2,1-3H3,(H,18,22). The van der Waals surface area contributed by atoms with Crippen molar-refractivity contribution in [1.82, 2.24) is 20.0 Å². The molecule has 2 aromatic rings. The van der Waals surface area contributed by atoms with E-state index in [0.29, 0.717) is 11.9 Å². The van der Waals surface area contributed by atoms with Gasteiger partial charge in [-0.2, -0.15) is 5.10 Å². The Morgan fingerprint density at radius 1 is 1.22 bits per heavy atom. The van der Waals surface area contributed by atoms with Gasteiger partial charge in [-0.05, 0) is 26.1 Å². The van der Waals surface area contributed by atoms with Crippen LogP contribution < -0.4 is 10.9 Å². The maximum atomic E-state index is 12.4. The van der Waals surface area contributed by atoms with Crippen LogP contribution in [0.2, 0.25) is 0 Å². The van der Waals surface area contributed by atoms with Crippen LogP contribution in [-0.2, 0) is 11.3 Å². The van der Waals surface area contributed by atoms with Crippen LogP contribution in [0.3, 0.4) is 0 Å². The highest BCUT2D eigenvalue weighted by Crippen LogP contribution is 2.11. The highest BCUT2D eigenvalue weighted by atomic mass is 16.2. The van der Waals surface area contributed by atoms with Crippen LogP contribution >= 0.6 is 0 Å². The number of carbonyl (C=O) groups is 1. The monoisotopic (exact) mass is 316 g/mol. The molecule has 2 rings (SSSR count). The van der Waals surface area contributed by atoms with Gasteiger partial charge in [-0.15, -0.1) is 0 Å². The summed E-state index contributed by atoms with van der Waals surface area (Å²) in [5.74, 6) is -0.193. The van der Waals surface area contributed by atoms with E-state index in [-0.39, 0.29) is 18.0 Å². The molecule has 1 amide bonds. The van der Waals surface area contributed by atoms with Crippen molar-refractivity contribution in [1.29, 1.82) is 0 Å². The fraction of sp³-hybridized carbons (Fsp3) is 0.471. The summed E-state index contributed by atoms with van der Waals surface area (Å²) in [4.78, 5) is 26.7. The topological polar surface area (TPSA) is 67.2 Å². The van der Waals surface area contributed by atoms with Crippen LogP contribution in [0, 0.1) is 6.92 Å². The molecule has 0 fully saturated rings. The number of aromatic nitrogens is 2. The normalized spacial score (nSPS) is 11.1. The number of benzene rings is 1. The molecule has 6 heteroatoms. The van der Waals surface area contributed by atoms with Gasteiger partial charge in [0.15, 0.2) is 0 Å². The van der Waals surface area contributed by atoms with Crippen LogP contribution in [0.5, 0.6) is 0 Å². The van der Waals surface area contributed by atoms with Gasteiger partial charge in [-0.25, -0.2) is 4.68 Å². The van der Waals surface area contributed by atoms with Gasteiger partial charge in [0.1, 0.15) is 6.54 Å². The first-order valence-electron chi connectivity index (χ1n) is 8.02. The number of amides is 1. The lowest BCUT2D eigenvalue weighted by molar-refractivity contribution is -0.121. The Bertz CT molecular complexity index is 735. The van der Waals surface area contributed by atoms with E-state index < -0.39 is 0 Å². The quantitative estimate of drug-likeness (QED) is 0.832. The largest absolute Gasteiger partial charge is 0.353 e. The van der Waals surface area contributed by atoms with Gasteiger partial charge in [-0.1, -0.05) is 32.0 Å². The lowest BCUT2D eigenvalue weighted by atomic mass is 10.1. The SMILES string of the molecule is CCN(CC)CCNC(=O)Cn1nc(C)c2ccccc2c1=O. The summed E-state index contributed by atoms with van der Waals surface area (Å²) in [6.45, 7) is 9.26. The molecule has 1 heterocycles. The van der Waals surface area contributed by atoms with E-state index in [2.05, 4.69) is 29.2 Å². The number of nitrogens with one attached hydrogen (secondary N) is 1. The minimum absolute atomic E-state index is 0.0528. The number of fused-ring (bicyclic) bond motifs is 1. The molecule has 124 valence electrons. The van der Waals surface area contributed by atoms with Gasteiger partial charge < -0.3 is 10.2 Å². The molecule has 0 bridgehead atoms. The highest BCUT2D eigenvalue weighted by Gasteiger charge is 2.10. The van der Waals surface area contributed by atoms with Crippen molar-refractivity contribution in [2.45, 2.75) is 27.3 Å². The summed E-state index contributed by atoms with van der Waals surface area (Å²) in [6, 6.07) is 7.33. The average molecular weight is 316 g/mol. The summed E-state index contributed by atoms with van der Waals surface area (Å²) in [5, 5.41) is 8.52. The summed E-state index contributed by atoms with van der Waals surface area (Å²) in [5.41, 5.74) is 0.515. The molecule has 1 aromatic carbocycles. The van der Waals surface area contributed by atoms with E-state index in [1.54, 1.807) is 6.07 Å². The molecule has 0 unspecified atom stereocenters. The van der Waals surface area contributed by atoms with Gasteiger partial charge in [0, 0.05) is 18.5 Å². The maximum Gasteiger partial charge on any atom is 0.275 e. The molecule has 0 radical (unpaired) electrons. The molecular formula is C17H24N4O2. The summed E-state index contributed by atoms with van der Waals surface area (Å²) >= 11 is 0. The molecule has 0 aliphatic heterocycles.